The molecule has 1 fully saturated rings. The molecule has 0 N–H and O–H groups in total. The van der Waals surface area contributed by atoms with E-state index in [0.717, 1.165) is 12.8 Å². The van der Waals surface area contributed by atoms with Crippen LogP contribution in [0.4, 0.5) is 4.79 Å². The smallest absolute Gasteiger partial charge is 0.410 e. The first-order valence-corrected chi connectivity index (χ1v) is 6.10. The van der Waals surface area contributed by atoms with Gasteiger partial charge in [-0.25, -0.2) is 4.79 Å². The average Bonchev–Trinajstić information content (AvgIpc) is 2.82. The zero-order valence-electron chi connectivity index (χ0n) is 10.8. The lowest BCUT2D eigenvalue weighted by Crippen LogP contribution is -2.41. The monoisotopic (exact) mass is 257 g/mol. The zero-order chi connectivity index (χ0) is 13.6. The number of ether oxygens (including phenoxy) is 2. The van der Waals surface area contributed by atoms with Gasteiger partial charge in [0, 0.05) is 13.1 Å². The van der Waals surface area contributed by atoms with E-state index in [0.29, 0.717) is 19.4 Å². The van der Waals surface area contributed by atoms with Gasteiger partial charge in [-0.2, -0.15) is 0 Å². The van der Waals surface area contributed by atoms with Crippen LogP contribution in [0, 0.1) is 0 Å². The predicted octanol–water partition coefficient (Wildman–Crippen LogP) is 1.13. The standard InChI is InChI=1S/C12H19NO5/c1-3-17-10(15)8-12(2,9-14)18-11(16)13-6-4-5-7-13/h9H,3-8H2,1-2H3. The largest absolute Gasteiger partial charge is 0.466 e. The van der Waals surface area contributed by atoms with Gasteiger partial charge in [0.2, 0.25) is 0 Å². The Morgan fingerprint density at radius 1 is 1.33 bits per heavy atom. The summed E-state index contributed by atoms with van der Waals surface area (Å²) in [7, 11) is 0. The summed E-state index contributed by atoms with van der Waals surface area (Å²) >= 11 is 0. The van der Waals surface area contributed by atoms with Gasteiger partial charge >= 0.3 is 12.1 Å². The van der Waals surface area contributed by atoms with Gasteiger partial charge in [0.25, 0.3) is 0 Å². The topological polar surface area (TPSA) is 72.9 Å². The molecule has 0 aromatic heterocycles. The third kappa shape index (κ3) is 4.01. The van der Waals surface area contributed by atoms with Crippen molar-refractivity contribution >= 4 is 18.3 Å². The van der Waals surface area contributed by atoms with Crippen molar-refractivity contribution < 1.29 is 23.9 Å². The fourth-order valence-electron chi connectivity index (χ4n) is 1.76. The quantitative estimate of drug-likeness (QED) is 0.545. The van der Waals surface area contributed by atoms with E-state index in [1.807, 2.05) is 0 Å². The summed E-state index contributed by atoms with van der Waals surface area (Å²) in [5, 5.41) is 0. The third-order valence-corrected chi connectivity index (χ3v) is 2.73. The lowest BCUT2D eigenvalue weighted by Gasteiger charge is -2.25. The molecule has 0 spiro atoms. The van der Waals surface area contributed by atoms with E-state index in [2.05, 4.69) is 0 Å². The molecule has 0 radical (unpaired) electrons. The molecule has 6 heteroatoms. The average molecular weight is 257 g/mol. The fraction of sp³-hybridized carbons (Fsp3) is 0.750. The lowest BCUT2D eigenvalue weighted by atomic mass is 10.1. The summed E-state index contributed by atoms with van der Waals surface area (Å²) < 4.78 is 9.85. The zero-order valence-corrected chi connectivity index (χ0v) is 10.8. The summed E-state index contributed by atoms with van der Waals surface area (Å²) in [6.07, 6.45) is 1.53. The van der Waals surface area contributed by atoms with E-state index in [9.17, 15) is 14.4 Å². The molecular formula is C12H19NO5. The van der Waals surface area contributed by atoms with Crippen LogP contribution in [0.5, 0.6) is 0 Å². The Hall–Kier alpha value is -1.59. The van der Waals surface area contributed by atoms with Crippen LogP contribution in [0.2, 0.25) is 0 Å². The third-order valence-electron chi connectivity index (χ3n) is 2.73. The van der Waals surface area contributed by atoms with Crippen LogP contribution in [0.3, 0.4) is 0 Å². The van der Waals surface area contributed by atoms with Crippen molar-refractivity contribution in [3.63, 3.8) is 0 Å². The highest BCUT2D eigenvalue weighted by Gasteiger charge is 2.34. The van der Waals surface area contributed by atoms with E-state index in [1.54, 1.807) is 6.92 Å². The molecule has 1 amide bonds. The van der Waals surface area contributed by atoms with Crippen LogP contribution in [0.1, 0.15) is 33.1 Å². The second-order valence-electron chi connectivity index (χ2n) is 4.47. The van der Waals surface area contributed by atoms with Crippen molar-refractivity contribution in [2.24, 2.45) is 0 Å². The molecule has 6 nitrogen and oxygen atoms in total. The van der Waals surface area contributed by atoms with E-state index < -0.39 is 17.7 Å². The highest BCUT2D eigenvalue weighted by molar-refractivity contribution is 5.80. The van der Waals surface area contributed by atoms with Crippen LogP contribution >= 0.6 is 0 Å². The van der Waals surface area contributed by atoms with Gasteiger partial charge < -0.3 is 14.4 Å². The van der Waals surface area contributed by atoms with Gasteiger partial charge in [0.05, 0.1) is 13.0 Å². The molecule has 1 unspecified atom stereocenters. The van der Waals surface area contributed by atoms with Gasteiger partial charge in [-0.05, 0) is 26.7 Å². The summed E-state index contributed by atoms with van der Waals surface area (Å²) in [6.45, 7) is 4.57. The van der Waals surface area contributed by atoms with Crippen LogP contribution in [-0.2, 0) is 19.1 Å². The van der Waals surface area contributed by atoms with Crippen LogP contribution in [-0.4, -0.2) is 48.5 Å². The first-order valence-electron chi connectivity index (χ1n) is 6.10. The number of amides is 1. The molecule has 1 aliphatic heterocycles. The Bertz CT molecular complexity index is 324. The van der Waals surface area contributed by atoms with Crippen molar-refractivity contribution in [2.75, 3.05) is 19.7 Å². The van der Waals surface area contributed by atoms with Crippen molar-refractivity contribution in [3.05, 3.63) is 0 Å². The Morgan fingerprint density at radius 2 is 1.94 bits per heavy atom. The number of rotatable bonds is 5. The molecule has 1 aliphatic rings. The number of esters is 1. The molecule has 0 aliphatic carbocycles. The minimum atomic E-state index is -1.45. The maximum Gasteiger partial charge on any atom is 0.410 e. The number of hydrogen-bond donors (Lipinski definition) is 0. The molecule has 0 saturated carbocycles. The maximum atomic E-state index is 11.8. The lowest BCUT2D eigenvalue weighted by molar-refractivity contribution is -0.150. The Balaban J connectivity index is 2.55. The number of hydrogen-bond acceptors (Lipinski definition) is 5. The van der Waals surface area contributed by atoms with Gasteiger partial charge in [-0.1, -0.05) is 0 Å². The fourth-order valence-corrected chi connectivity index (χ4v) is 1.76. The number of likely N-dealkylation sites (tertiary alicyclic amines) is 1. The first-order chi connectivity index (χ1) is 8.50. The van der Waals surface area contributed by atoms with Gasteiger partial charge in [0.1, 0.15) is 0 Å². The molecule has 18 heavy (non-hydrogen) atoms. The number of carbonyl (C=O) groups is 3. The van der Waals surface area contributed by atoms with Crippen LogP contribution < -0.4 is 0 Å². The van der Waals surface area contributed by atoms with Crippen LogP contribution in [0.15, 0.2) is 0 Å². The number of carbonyl (C=O) groups excluding carboxylic acids is 3. The van der Waals surface area contributed by atoms with E-state index >= 15 is 0 Å². The molecule has 0 bridgehead atoms. The maximum absolute atomic E-state index is 11.8. The highest BCUT2D eigenvalue weighted by Crippen LogP contribution is 2.18. The minimum Gasteiger partial charge on any atom is -0.466 e. The molecule has 1 rings (SSSR count). The normalized spacial score (nSPS) is 18.0. The van der Waals surface area contributed by atoms with E-state index in [-0.39, 0.29) is 13.0 Å². The molecule has 1 saturated heterocycles. The Morgan fingerprint density at radius 3 is 2.44 bits per heavy atom. The van der Waals surface area contributed by atoms with Crippen molar-refractivity contribution in [2.45, 2.75) is 38.7 Å². The predicted molar refractivity (Wildman–Crippen MR) is 63.0 cm³/mol. The first kappa shape index (κ1) is 14.5. The molecule has 1 heterocycles. The summed E-state index contributed by atoms with van der Waals surface area (Å²) in [6, 6.07) is 0. The summed E-state index contributed by atoms with van der Waals surface area (Å²) in [5.74, 6) is -0.554. The van der Waals surface area contributed by atoms with Crippen molar-refractivity contribution in [1.29, 1.82) is 0 Å². The second kappa shape index (κ2) is 6.37. The van der Waals surface area contributed by atoms with Gasteiger partial charge in [-0.3, -0.25) is 9.59 Å². The molecule has 102 valence electrons. The Kier molecular flexibility index (Phi) is 5.12. The molecule has 0 aromatic carbocycles. The van der Waals surface area contributed by atoms with Crippen molar-refractivity contribution in [3.8, 4) is 0 Å². The molecular weight excluding hydrogens is 238 g/mol. The molecule has 0 aromatic rings. The van der Waals surface area contributed by atoms with Crippen molar-refractivity contribution in [1.82, 2.24) is 4.90 Å². The van der Waals surface area contributed by atoms with E-state index in [1.165, 1.54) is 11.8 Å². The molecule has 1 atom stereocenters. The number of aldehydes is 1. The number of nitrogens with zero attached hydrogens (tertiary/aromatic N) is 1. The van der Waals surface area contributed by atoms with Gasteiger partial charge in [-0.15, -0.1) is 0 Å². The Labute approximate surface area is 106 Å². The SMILES string of the molecule is CCOC(=O)CC(C)(C=O)OC(=O)N1CCCC1. The minimum absolute atomic E-state index is 0.230. The summed E-state index contributed by atoms with van der Waals surface area (Å²) in [5.41, 5.74) is -1.45. The van der Waals surface area contributed by atoms with Crippen LogP contribution in [0.25, 0.3) is 0 Å². The van der Waals surface area contributed by atoms with Gasteiger partial charge in [0.15, 0.2) is 11.9 Å². The summed E-state index contributed by atoms with van der Waals surface area (Å²) in [4.78, 5) is 35.6. The highest BCUT2D eigenvalue weighted by atomic mass is 16.6. The van der Waals surface area contributed by atoms with E-state index in [4.69, 9.17) is 9.47 Å². The second-order valence-corrected chi connectivity index (χ2v) is 4.47.